The van der Waals surface area contributed by atoms with Gasteiger partial charge in [0, 0.05) is 25.6 Å². The van der Waals surface area contributed by atoms with E-state index in [-0.39, 0.29) is 0 Å². The van der Waals surface area contributed by atoms with E-state index in [2.05, 4.69) is 5.32 Å². The van der Waals surface area contributed by atoms with E-state index in [9.17, 15) is 4.57 Å². The van der Waals surface area contributed by atoms with Crippen LogP contribution >= 0.6 is 18.9 Å². The van der Waals surface area contributed by atoms with Gasteiger partial charge in [-0.2, -0.15) is 0 Å². The number of thiophene rings is 1. The zero-order chi connectivity index (χ0) is 14.4. The first-order chi connectivity index (χ1) is 9.69. The van der Waals surface area contributed by atoms with Gasteiger partial charge in [0.15, 0.2) is 0 Å². The summed E-state index contributed by atoms with van der Waals surface area (Å²) in [6, 6.07) is 13.8. The molecule has 6 heteroatoms. The van der Waals surface area contributed by atoms with Crippen molar-refractivity contribution in [2.45, 2.75) is 12.3 Å². The fraction of sp³-hybridized carbons (Fsp3) is 0.286. The van der Waals surface area contributed by atoms with Gasteiger partial charge in [-0.25, -0.2) is 0 Å². The molecule has 2 rings (SSSR count). The van der Waals surface area contributed by atoms with Gasteiger partial charge >= 0.3 is 7.60 Å². The average molecular weight is 311 g/mol. The van der Waals surface area contributed by atoms with Crippen molar-refractivity contribution in [3.05, 3.63) is 58.3 Å². The van der Waals surface area contributed by atoms with E-state index in [1.165, 1.54) is 25.6 Å². The first kappa shape index (κ1) is 15.4. The van der Waals surface area contributed by atoms with Gasteiger partial charge in [-0.1, -0.05) is 36.4 Å². The molecule has 0 bridgehead atoms. The summed E-state index contributed by atoms with van der Waals surface area (Å²) in [4.78, 5) is 0.938. The molecule has 2 aromatic rings. The minimum absolute atomic E-state index is 0.460. The molecule has 1 heterocycles. The van der Waals surface area contributed by atoms with Crippen LogP contribution in [-0.2, 0) is 20.2 Å². The maximum atomic E-state index is 12.7. The van der Waals surface area contributed by atoms with E-state index in [0.29, 0.717) is 6.54 Å². The maximum absolute atomic E-state index is 12.7. The molecule has 0 aliphatic carbocycles. The number of nitrogens with one attached hydrogen (secondary N) is 1. The molecule has 0 fully saturated rings. The standard InChI is InChI=1S/C14H18NO3PS/c1-17-19(16,18-2)14(13-9-6-10-20-13)15-11-12-7-4-3-5-8-12/h3-10,14-15H,11H2,1-2H3. The summed E-state index contributed by atoms with van der Waals surface area (Å²) in [7, 11) is -0.394. The van der Waals surface area contributed by atoms with Crippen molar-refractivity contribution in [3.63, 3.8) is 0 Å². The highest BCUT2D eigenvalue weighted by molar-refractivity contribution is 7.54. The molecule has 1 unspecified atom stereocenters. The zero-order valence-electron chi connectivity index (χ0n) is 11.5. The highest BCUT2D eigenvalue weighted by Crippen LogP contribution is 2.59. The van der Waals surface area contributed by atoms with Gasteiger partial charge in [-0.05, 0) is 17.0 Å². The lowest BCUT2D eigenvalue weighted by molar-refractivity contribution is 0.260. The molecular weight excluding hydrogens is 293 g/mol. The van der Waals surface area contributed by atoms with Gasteiger partial charge in [0.05, 0.1) is 0 Å². The monoisotopic (exact) mass is 311 g/mol. The van der Waals surface area contributed by atoms with Gasteiger partial charge in [0.25, 0.3) is 0 Å². The van der Waals surface area contributed by atoms with Crippen LogP contribution in [0.15, 0.2) is 47.8 Å². The number of hydrogen-bond acceptors (Lipinski definition) is 5. The Morgan fingerprint density at radius 2 is 1.85 bits per heavy atom. The van der Waals surface area contributed by atoms with Crippen LogP contribution in [0.2, 0.25) is 0 Å². The molecule has 1 N–H and O–H groups in total. The molecule has 0 saturated heterocycles. The van der Waals surface area contributed by atoms with E-state index in [4.69, 9.17) is 9.05 Å². The molecule has 0 aliphatic rings. The van der Waals surface area contributed by atoms with Crippen LogP contribution in [0.1, 0.15) is 16.2 Å². The molecule has 0 spiro atoms. The van der Waals surface area contributed by atoms with E-state index >= 15 is 0 Å². The van der Waals surface area contributed by atoms with E-state index in [1.54, 1.807) is 0 Å². The fourth-order valence-corrected chi connectivity index (χ4v) is 4.45. The SMILES string of the molecule is COP(=O)(OC)C(NCc1ccccc1)c1cccs1. The van der Waals surface area contributed by atoms with E-state index in [0.717, 1.165) is 10.4 Å². The van der Waals surface area contributed by atoms with Crippen molar-refractivity contribution in [2.24, 2.45) is 0 Å². The number of hydrogen-bond donors (Lipinski definition) is 1. The van der Waals surface area contributed by atoms with Crippen LogP contribution in [-0.4, -0.2) is 14.2 Å². The van der Waals surface area contributed by atoms with Gasteiger partial charge in [0.2, 0.25) is 0 Å². The summed E-state index contributed by atoms with van der Waals surface area (Å²) in [6.45, 7) is 0.597. The molecule has 108 valence electrons. The highest BCUT2D eigenvalue weighted by Gasteiger charge is 2.35. The van der Waals surface area contributed by atoms with Gasteiger partial charge in [-0.3, -0.25) is 9.88 Å². The van der Waals surface area contributed by atoms with Crippen LogP contribution in [0.4, 0.5) is 0 Å². The summed E-state index contributed by atoms with van der Waals surface area (Å²) in [6.07, 6.45) is 0. The molecular formula is C14H18NO3PS. The smallest absolute Gasteiger partial charge is 0.311 e. The van der Waals surface area contributed by atoms with Crippen LogP contribution in [0.5, 0.6) is 0 Å². The highest BCUT2D eigenvalue weighted by atomic mass is 32.1. The summed E-state index contributed by atoms with van der Waals surface area (Å²) in [5.74, 6) is -0.460. The Labute approximate surface area is 123 Å². The second kappa shape index (κ2) is 7.16. The Morgan fingerprint density at radius 3 is 2.40 bits per heavy atom. The molecule has 1 aromatic carbocycles. The van der Waals surface area contributed by atoms with Gasteiger partial charge < -0.3 is 9.05 Å². The van der Waals surface area contributed by atoms with Crippen molar-refractivity contribution in [3.8, 4) is 0 Å². The Bertz CT molecular complexity index is 551. The minimum atomic E-state index is -3.22. The first-order valence-corrected chi connectivity index (χ1v) is 8.70. The number of rotatable bonds is 7. The molecule has 20 heavy (non-hydrogen) atoms. The second-order valence-corrected chi connectivity index (χ2v) is 7.50. The van der Waals surface area contributed by atoms with Crippen LogP contribution in [0.25, 0.3) is 0 Å². The Hall–Kier alpha value is -0.970. The molecule has 1 aromatic heterocycles. The van der Waals surface area contributed by atoms with Crippen molar-refractivity contribution in [1.29, 1.82) is 0 Å². The lowest BCUT2D eigenvalue weighted by Crippen LogP contribution is -2.21. The third-order valence-corrected chi connectivity index (χ3v) is 6.20. The van der Waals surface area contributed by atoms with Crippen LogP contribution in [0.3, 0.4) is 0 Å². The molecule has 0 saturated carbocycles. The van der Waals surface area contributed by atoms with Gasteiger partial charge in [-0.15, -0.1) is 11.3 Å². The molecule has 0 amide bonds. The molecule has 4 nitrogen and oxygen atoms in total. The summed E-state index contributed by atoms with van der Waals surface area (Å²) >= 11 is 1.53. The van der Waals surface area contributed by atoms with Crippen LogP contribution < -0.4 is 5.32 Å². The van der Waals surface area contributed by atoms with Crippen molar-refractivity contribution < 1.29 is 13.6 Å². The number of benzene rings is 1. The molecule has 0 radical (unpaired) electrons. The van der Waals surface area contributed by atoms with Crippen molar-refractivity contribution in [1.82, 2.24) is 5.32 Å². The Balaban J connectivity index is 2.18. The maximum Gasteiger partial charge on any atom is 0.352 e. The second-order valence-electron chi connectivity index (χ2n) is 4.19. The predicted octanol–water partition coefficient (Wildman–Crippen LogP) is 4.02. The Kier molecular flexibility index (Phi) is 5.52. The summed E-state index contributed by atoms with van der Waals surface area (Å²) < 4.78 is 22.9. The zero-order valence-corrected chi connectivity index (χ0v) is 13.2. The van der Waals surface area contributed by atoms with Gasteiger partial charge in [0.1, 0.15) is 5.78 Å². The van der Waals surface area contributed by atoms with Crippen molar-refractivity contribution >= 4 is 18.9 Å². The Morgan fingerprint density at radius 1 is 1.15 bits per heavy atom. The van der Waals surface area contributed by atoms with Crippen molar-refractivity contribution in [2.75, 3.05) is 14.2 Å². The summed E-state index contributed by atoms with van der Waals surface area (Å²) in [5.41, 5.74) is 1.12. The first-order valence-electron chi connectivity index (χ1n) is 6.21. The topological polar surface area (TPSA) is 47.6 Å². The molecule has 0 aliphatic heterocycles. The minimum Gasteiger partial charge on any atom is -0.311 e. The lowest BCUT2D eigenvalue weighted by Gasteiger charge is -2.24. The fourth-order valence-electron chi connectivity index (χ4n) is 1.91. The quantitative estimate of drug-likeness (QED) is 0.785. The predicted molar refractivity (Wildman–Crippen MR) is 82.0 cm³/mol. The average Bonchev–Trinajstić information content (AvgIpc) is 3.02. The third kappa shape index (κ3) is 3.57. The normalized spacial score (nSPS) is 13.3. The summed E-state index contributed by atoms with van der Waals surface area (Å²) in [5, 5.41) is 5.22. The van der Waals surface area contributed by atoms with E-state index < -0.39 is 13.4 Å². The van der Waals surface area contributed by atoms with Crippen LogP contribution in [0, 0.1) is 0 Å². The van der Waals surface area contributed by atoms with E-state index in [1.807, 2.05) is 47.8 Å². The molecule has 1 atom stereocenters. The lowest BCUT2D eigenvalue weighted by atomic mass is 10.2. The third-order valence-electron chi connectivity index (χ3n) is 2.98. The largest absolute Gasteiger partial charge is 0.352 e.